The minimum atomic E-state index is 0.765. The lowest BCUT2D eigenvalue weighted by Crippen LogP contribution is -2.11. The van der Waals surface area contributed by atoms with Gasteiger partial charge in [-0.2, -0.15) is 0 Å². The Balaban J connectivity index is 1.31. The normalized spacial score (nSPS) is 11.7. The minimum absolute atomic E-state index is 0.765. The molecule has 0 bridgehead atoms. The molecular formula is C39H25N3O. The van der Waals surface area contributed by atoms with Gasteiger partial charge in [-0.15, -0.1) is 0 Å². The van der Waals surface area contributed by atoms with Crippen LogP contribution >= 0.6 is 0 Å². The fraction of sp³-hybridized carbons (Fsp3) is 0. The smallest absolute Gasteiger partial charge is 0.177 e. The summed E-state index contributed by atoms with van der Waals surface area (Å²) >= 11 is 0. The maximum atomic E-state index is 6.46. The SMILES string of the molecule is c1ccc(N(c2cccc(-n3c4ccccc4c4cc5ccccc5cc43)c2)c2ccnc3c2oc2ccccc23)cc1. The van der Waals surface area contributed by atoms with Crippen LogP contribution < -0.4 is 4.90 Å². The van der Waals surface area contributed by atoms with E-state index in [4.69, 9.17) is 9.40 Å². The van der Waals surface area contributed by atoms with Crippen LogP contribution in [0.25, 0.3) is 60.3 Å². The summed E-state index contributed by atoms with van der Waals surface area (Å²) in [5.41, 5.74) is 8.93. The Morgan fingerprint density at radius 2 is 1.26 bits per heavy atom. The van der Waals surface area contributed by atoms with Crippen LogP contribution in [0.5, 0.6) is 0 Å². The Morgan fingerprint density at radius 3 is 2.14 bits per heavy atom. The molecule has 0 N–H and O–H groups in total. The third kappa shape index (κ3) is 3.67. The van der Waals surface area contributed by atoms with Gasteiger partial charge in [0.1, 0.15) is 11.1 Å². The summed E-state index contributed by atoms with van der Waals surface area (Å²) in [5.74, 6) is 0. The highest BCUT2D eigenvalue weighted by Gasteiger charge is 2.21. The maximum Gasteiger partial charge on any atom is 0.177 e. The molecule has 9 aromatic rings. The first-order chi connectivity index (χ1) is 21.3. The molecule has 3 heterocycles. The number of aromatic nitrogens is 2. The van der Waals surface area contributed by atoms with Crippen molar-refractivity contribution in [2.24, 2.45) is 0 Å². The van der Waals surface area contributed by atoms with Crippen molar-refractivity contribution in [3.63, 3.8) is 0 Å². The Kier molecular flexibility index (Phi) is 5.16. The summed E-state index contributed by atoms with van der Waals surface area (Å²) < 4.78 is 8.84. The average molecular weight is 552 g/mol. The van der Waals surface area contributed by atoms with Gasteiger partial charge in [-0.3, -0.25) is 4.98 Å². The van der Waals surface area contributed by atoms with Crippen molar-refractivity contribution in [1.82, 2.24) is 9.55 Å². The molecule has 202 valence electrons. The minimum Gasteiger partial charge on any atom is -0.452 e. The molecule has 4 nitrogen and oxygen atoms in total. The predicted molar refractivity (Wildman–Crippen MR) is 178 cm³/mol. The summed E-state index contributed by atoms with van der Waals surface area (Å²) in [6.45, 7) is 0. The molecule has 43 heavy (non-hydrogen) atoms. The summed E-state index contributed by atoms with van der Waals surface area (Å²) in [6.07, 6.45) is 1.87. The van der Waals surface area contributed by atoms with Crippen LogP contribution in [-0.4, -0.2) is 9.55 Å². The van der Waals surface area contributed by atoms with Crippen LogP contribution in [0, 0.1) is 0 Å². The standard InChI is InChI=1S/C39H25N3O/c1-2-13-28(14-3-1)41(35-21-22-40-38-32-18-7-9-20-37(32)43-39(35)38)29-15-10-16-30(25-29)42-34-19-8-6-17-31(34)33-23-26-11-4-5-12-27(26)24-36(33)42/h1-25H. The molecule has 4 heteroatoms. The molecule has 9 rings (SSSR count). The number of hydrogen-bond donors (Lipinski definition) is 0. The summed E-state index contributed by atoms with van der Waals surface area (Å²) in [5, 5.41) is 5.97. The second-order valence-corrected chi connectivity index (χ2v) is 10.9. The Bertz CT molecular complexity index is 2470. The topological polar surface area (TPSA) is 34.2 Å². The molecule has 0 unspecified atom stereocenters. The number of rotatable bonds is 4. The predicted octanol–water partition coefficient (Wildman–Crippen LogP) is 10.7. The van der Waals surface area contributed by atoms with E-state index in [9.17, 15) is 0 Å². The van der Waals surface area contributed by atoms with E-state index in [0.29, 0.717) is 0 Å². The van der Waals surface area contributed by atoms with E-state index in [1.165, 1.54) is 32.6 Å². The van der Waals surface area contributed by atoms with Gasteiger partial charge in [0, 0.05) is 39.4 Å². The van der Waals surface area contributed by atoms with Crippen molar-refractivity contribution in [1.29, 1.82) is 0 Å². The molecule has 6 aromatic carbocycles. The molecule has 0 amide bonds. The molecular weight excluding hydrogens is 526 g/mol. The van der Waals surface area contributed by atoms with Crippen molar-refractivity contribution in [2.75, 3.05) is 4.90 Å². The van der Waals surface area contributed by atoms with E-state index in [2.05, 4.69) is 125 Å². The van der Waals surface area contributed by atoms with Gasteiger partial charge in [-0.25, -0.2) is 0 Å². The number of benzene rings is 6. The first-order valence-corrected chi connectivity index (χ1v) is 14.5. The van der Waals surface area contributed by atoms with Gasteiger partial charge >= 0.3 is 0 Å². The largest absolute Gasteiger partial charge is 0.452 e. The average Bonchev–Trinajstić information content (AvgIpc) is 3.60. The molecule has 0 aliphatic heterocycles. The van der Waals surface area contributed by atoms with E-state index >= 15 is 0 Å². The number of furan rings is 1. The Labute approximate surface area is 247 Å². The van der Waals surface area contributed by atoms with Gasteiger partial charge in [-0.05, 0) is 77.5 Å². The zero-order valence-electron chi connectivity index (χ0n) is 23.2. The highest BCUT2D eigenvalue weighted by atomic mass is 16.3. The fourth-order valence-corrected chi connectivity index (χ4v) is 6.48. The third-order valence-corrected chi connectivity index (χ3v) is 8.38. The van der Waals surface area contributed by atoms with E-state index in [-0.39, 0.29) is 0 Å². The molecule has 0 atom stereocenters. The van der Waals surface area contributed by atoms with Crippen LogP contribution in [0.2, 0.25) is 0 Å². The summed E-state index contributed by atoms with van der Waals surface area (Å²) in [4.78, 5) is 6.99. The number of hydrogen-bond acceptors (Lipinski definition) is 3. The van der Waals surface area contributed by atoms with Crippen LogP contribution in [0.4, 0.5) is 17.1 Å². The first kappa shape index (κ1) is 23.8. The zero-order chi connectivity index (χ0) is 28.3. The fourth-order valence-electron chi connectivity index (χ4n) is 6.48. The monoisotopic (exact) mass is 551 g/mol. The number of anilines is 3. The van der Waals surface area contributed by atoms with Crippen LogP contribution in [0.1, 0.15) is 0 Å². The second-order valence-electron chi connectivity index (χ2n) is 10.9. The first-order valence-electron chi connectivity index (χ1n) is 14.5. The maximum absolute atomic E-state index is 6.46. The van der Waals surface area contributed by atoms with E-state index in [0.717, 1.165) is 44.8 Å². The molecule has 0 fully saturated rings. The Morgan fingerprint density at radius 1 is 0.535 bits per heavy atom. The molecule has 0 saturated carbocycles. The number of nitrogens with zero attached hydrogens (tertiary/aromatic N) is 3. The van der Waals surface area contributed by atoms with Gasteiger partial charge in [-0.1, -0.05) is 78.9 Å². The van der Waals surface area contributed by atoms with Gasteiger partial charge in [0.15, 0.2) is 5.58 Å². The Hall–Kier alpha value is -5.87. The van der Waals surface area contributed by atoms with Gasteiger partial charge < -0.3 is 13.9 Å². The molecule has 0 aliphatic rings. The lowest BCUT2D eigenvalue weighted by Gasteiger charge is -2.26. The molecule has 3 aromatic heterocycles. The highest BCUT2D eigenvalue weighted by Crippen LogP contribution is 2.42. The van der Waals surface area contributed by atoms with Gasteiger partial charge in [0.05, 0.1) is 16.7 Å². The van der Waals surface area contributed by atoms with E-state index in [1.807, 2.05) is 36.5 Å². The molecule has 0 spiro atoms. The number of pyridine rings is 1. The van der Waals surface area contributed by atoms with Crippen molar-refractivity contribution in [3.05, 3.63) is 152 Å². The summed E-state index contributed by atoms with van der Waals surface area (Å²) in [7, 11) is 0. The van der Waals surface area contributed by atoms with E-state index < -0.39 is 0 Å². The molecule has 0 aliphatic carbocycles. The lowest BCUT2D eigenvalue weighted by molar-refractivity contribution is 0.668. The number of fused-ring (bicyclic) bond motifs is 7. The second kappa shape index (κ2) is 9.33. The van der Waals surface area contributed by atoms with Crippen molar-refractivity contribution in [3.8, 4) is 5.69 Å². The number of para-hydroxylation sites is 3. The van der Waals surface area contributed by atoms with Crippen molar-refractivity contribution >= 4 is 71.7 Å². The van der Waals surface area contributed by atoms with Crippen LogP contribution in [0.15, 0.2) is 156 Å². The molecule has 0 saturated heterocycles. The molecule has 0 radical (unpaired) electrons. The van der Waals surface area contributed by atoms with E-state index in [1.54, 1.807) is 0 Å². The lowest BCUT2D eigenvalue weighted by atomic mass is 10.1. The van der Waals surface area contributed by atoms with Gasteiger partial charge in [0.2, 0.25) is 0 Å². The van der Waals surface area contributed by atoms with Crippen LogP contribution in [0.3, 0.4) is 0 Å². The van der Waals surface area contributed by atoms with Crippen molar-refractivity contribution in [2.45, 2.75) is 0 Å². The third-order valence-electron chi connectivity index (χ3n) is 8.38. The van der Waals surface area contributed by atoms with Crippen LogP contribution in [-0.2, 0) is 0 Å². The van der Waals surface area contributed by atoms with Gasteiger partial charge in [0.25, 0.3) is 0 Å². The summed E-state index contributed by atoms with van der Waals surface area (Å²) in [6, 6.07) is 51.2. The quantitative estimate of drug-likeness (QED) is 0.218. The van der Waals surface area contributed by atoms with Crippen molar-refractivity contribution < 1.29 is 4.42 Å². The highest BCUT2D eigenvalue weighted by molar-refractivity contribution is 6.14. The zero-order valence-corrected chi connectivity index (χ0v) is 23.2.